The maximum absolute atomic E-state index is 13.4. The van der Waals surface area contributed by atoms with Gasteiger partial charge < -0.3 is 10.5 Å². The Hall–Kier alpha value is -1.67. The molecular formula is C9H12FN3O8. The van der Waals surface area contributed by atoms with E-state index in [0.717, 1.165) is 0 Å². The van der Waals surface area contributed by atoms with E-state index in [2.05, 4.69) is 19.6 Å². The summed E-state index contributed by atoms with van der Waals surface area (Å²) in [5, 5.41) is 26.1. The van der Waals surface area contributed by atoms with Crippen LogP contribution in [0.5, 0.6) is 0 Å². The summed E-state index contributed by atoms with van der Waals surface area (Å²) in [6.45, 7) is -0.471. The number of halogens is 1. The monoisotopic (exact) mass is 309 g/mol. The molecule has 1 aliphatic rings. The van der Waals surface area contributed by atoms with E-state index >= 15 is 0 Å². The summed E-state index contributed by atoms with van der Waals surface area (Å²) in [5.74, 6) is -1.61. The molecule has 12 heteroatoms. The quantitative estimate of drug-likeness (QED) is 0.395. The Morgan fingerprint density at radius 3 is 2.62 bits per heavy atom. The number of hydrogen-bond acceptors (Lipinski definition) is 10. The Kier molecular flexibility index (Phi) is 4.79. The van der Waals surface area contributed by atoms with Gasteiger partial charge in [0.15, 0.2) is 30.1 Å². The second-order valence-electron chi connectivity index (χ2n) is 4.16. The molecule has 4 atom stereocenters. The number of aromatic nitrogens is 2. The fraction of sp³-hybridized carbons (Fsp3) is 0.556. The molecule has 0 radical (unpaired) electrons. The van der Waals surface area contributed by atoms with Gasteiger partial charge in [0.1, 0.15) is 12.7 Å². The Bertz CT molecular complexity index is 554. The molecule has 21 heavy (non-hydrogen) atoms. The summed E-state index contributed by atoms with van der Waals surface area (Å²) in [5.41, 5.74) is 4.16. The second-order valence-corrected chi connectivity index (χ2v) is 4.16. The fourth-order valence-electron chi connectivity index (χ4n) is 2.02. The van der Waals surface area contributed by atoms with Gasteiger partial charge in [0, 0.05) is 0 Å². The highest BCUT2D eigenvalue weighted by Crippen LogP contribution is 2.32. The number of rotatable bonds is 5. The average Bonchev–Trinajstić information content (AvgIpc) is 2.80. The summed E-state index contributed by atoms with van der Waals surface area (Å²) >= 11 is 0. The molecule has 1 aromatic rings. The molecule has 0 bridgehead atoms. The van der Waals surface area contributed by atoms with E-state index in [1.165, 1.54) is 0 Å². The zero-order valence-electron chi connectivity index (χ0n) is 10.3. The lowest BCUT2D eigenvalue weighted by Gasteiger charge is -2.19. The highest BCUT2D eigenvalue weighted by atomic mass is 19.1. The minimum Gasteiger partial charge on any atom is -0.381 e. The van der Waals surface area contributed by atoms with Crippen LogP contribution in [0.3, 0.4) is 0 Å². The van der Waals surface area contributed by atoms with E-state index in [0.29, 0.717) is 10.8 Å². The second kappa shape index (κ2) is 6.40. The van der Waals surface area contributed by atoms with E-state index in [-0.39, 0.29) is 0 Å². The highest BCUT2D eigenvalue weighted by molar-refractivity contribution is 5.26. The first-order valence-electron chi connectivity index (χ1n) is 5.60. The zero-order chi connectivity index (χ0) is 15.6. The van der Waals surface area contributed by atoms with Crippen LogP contribution in [0.4, 0.5) is 10.2 Å². The van der Waals surface area contributed by atoms with Crippen LogP contribution in [-0.4, -0.2) is 50.2 Å². The number of nitrogens with two attached hydrogens (primary N) is 1. The minimum absolute atomic E-state index is 0.471. The maximum Gasteiger partial charge on any atom is 0.351 e. The minimum atomic E-state index is -1.42. The molecule has 0 aromatic carbocycles. The standard InChI is InChI=1S/C9H12FN3O8/c10-3-1-13(9(14)12-7(3)11)8-6(21-17)5(20-16)4(19-8)2-18-15/h1,4-6,8,15-17H,2H2,(H2,11,12,14)/t4-,5+,6-,8-/m1/s1. The largest absolute Gasteiger partial charge is 0.381 e. The summed E-state index contributed by atoms with van der Waals surface area (Å²) < 4.78 is 19.3. The van der Waals surface area contributed by atoms with Crippen LogP contribution in [0, 0.1) is 5.82 Å². The van der Waals surface area contributed by atoms with Gasteiger partial charge in [-0.15, -0.1) is 0 Å². The van der Waals surface area contributed by atoms with Gasteiger partial charge in [-0.2, -0.15) is 4.98 Å². The molecule has 2 heterocycles. The number of ether oxygens (including phenoxy) is 1. The summed E-state index contributed by atoms with van der Waals surface area (Å²) in [7, 11) is 0. The van der Waals surface area contributed by atoms with Crippen molar-refractivity contribution in [2.75, 3.05) is 12.3 Å². The van der Waals surface area contributed by atoms with Gasteiger partial charge in [-0.05, 0) is 0 Å². The lowest BCUT2D eigenvalue weighted by molar-refractivity contribution is -0.357. The molecule has 0 saturated carbocycles. The molecule has 0 amide bonds. The van der Waals surface area contributed by atoms with Gasteiger partial charge in [-0.3, -0.25) is 20.3 Å². The first kappa shape index (κ1) is 15.7. The third-order valence-electron chi connectivity index (χ3n) is 2.98. The van der Waals surface area contributed by atoms with Crippen molar-refractivity contribution in [2.45, 2.75) is 24.5 Å². The Morgan fingerprint density at radius 2 is 2.05 bits per heavy atom. The van der Waals surface area contributed by atoms with Crippen LogP contribution >= 0.6 is 0 Å². The highest BCUT2D eigenvalue weighted by Gasteiger charge is 2.49. The topological polar surface area (TPSA) is 159 Å². The number of hydrogen-bond donors (Lipinski definition) is 4. The summed E-state index contributed by atoms with van der Waals surface area (Å²) in [6, 6.07) is 0. The van der Waals surface area contributed by atoms with E-state index < -0.39 is 48.5 Å². The molecule has 2 rings (SSSR count). The van der Waals surface area contributed by atoms with Crippen molar-refractivity contribution >= 4 is 5.82 Å². The van der Waals surface area contributed by atoms with Crippen molar-refractivity contribution in [2.24, 2.45) is 0 Å². The Morgan fingerprint density at radius 1 is 1.38 bits per heavy atom. The maximum atomic E-state index is 13.4. The van der Waals surface area contributed by atoms with Gasteiger partial charge in [0.2, 0.25) is 0 Å². The zero-order valence-corrected chi connectivity index (χ0v) is 10.3. The Labute approximate surface area is 115 Å². The molecule has 1 aliphatic heterocycles. The van der Waals surface area contributed by atoms with Crippen LogP contribution in [0.25, 0.3) is 0 Å². The average molecular weight is 309 g/mol. The van der Waals surface area contributed by atoms with Gasteiger partial charge in [-0.1, -0.05) is 0 Å². The van der Waals surface area contributed by atoms with Crippen LogP contribution in [-0.2, 0) is 19.4 Å². The lowest BCUT2D eigenvalue weighted by atomic mass is 10.1. The number of nitrogen functional groups attached to an aromatic ring is 1. The van der Waals surface area contributed by atoms with Crippen molar-refractivity contribution in [3.05, 3.63) is 22.5 Å². The van der Waals surface area contributed by atoms with E-state index in [1.807, 2.05) is 0 Å². The van der Waals surface area contributed by atoms with E-state index in [1.54, 1.807) is 0 Å². The summed E-state index contributed by atoms with van der Waals surface area (Å²) in [6.07, 6.45) is -4.56. The number of anilines is 1. The van der Waals surface area contributed by atoms with Crippen molar-refractivity contribution < 1.29 is 39.6 Å². The Balaban J connectivity index is 2.38. The smallest absolute Gasteiger partial charge is 0.351 e. The van der Waals surface area contributed by atoms with Crippen LogP contribution < -0.4 is 11.4 Å². The number of nitrogens with zero attached hydrogens (tertiary/aromatic N) is 2. The predicted octanol–water partition coefficient (Wildman–Crippen LogP) is -0.932. The third kappa shape index (κ3) is 2.86. The molecular weight excluding hydrogens is 297 g/mol. The van der Waals surface area contributed by atoms with Crippen molar-refractivity contribution in [3.8, 4) is 0 Å². The van der Waals surface area contributed by atoms with Gasteiger partial charge in [-0.25, -0.2) is 23.8 Å². The van der Waals surface area contributed by atoms with Gasteiger partial charge >= 0.3 is 5.69 Å². The lowest BCUT2D eigenvalue weighted by Crippen LogP contribution is -2.39. The van der Waals surface area contributed by atoms with E-state index in [9.17, 15) is 9.18 Å². The summed E-state index contributed by atoms with van der Waals surface area (Å²) in [4.78, 5) is 26.9. The molecule has 0 unspecified atom stereocenters. The van der Waals surface area contributed by atoms with Crippen LogP contribution in [0.2, 0.25) is 0 Å². The normalized spacial score (nSPS) is 29.0. The molecule has 0 aliphatic carbocycles. The first-order chi connectivity index (χ1) is 10.0. The van der Waals surface area contributed by atoms with Crippen LogP contribution in [0.15, 0.2) is 11.0 Å². The van der Waals surface area contributed by atoms with Crippen molar-refractivity contribution in [3.63, 3.8) is 0 Å². The molecule has 1 saturated heterocycles. The SMILES string of the molecule is Nc1nc(=O)n([C@@H]2O[C@H](COO)[C@H](OO)[C@H]2OO)cc1F. The van der Waals surface area contributed by atoms with Crippen LogP contribution in [0.1, 0.15) is 6.23 Å². The molecule has 1 aromatic heterocycles. The molecule has 5 N–H and O–H groups in total. The molecule has 0 spiro atoms. The van der Waals surface area contributed by atoms with Gasteiger partial charge in [0.05, 0.1) is 6.20 Å². The van der Waals surface area contributed by atoms with Crippen molar-refractivity contribution in [1.82, 2.24) is 9.55 Å². The van der Waals surface area contributed by atoms with E-state index in [4.69, 9.17) is 26.2 Å². The van der Waals surface area contributed by atoms with Crippen molar-refractivity contribution in [1.29, 1.82) is 0 Å². The fourth-order valence-corrected chi connectivity index (χ4v) is 2.02. The molecule has 118 valence electrons. The first-order valence-corrected chi connectivity index (χ1v) is 5.60. The molecule has 1 fully saturated rings. The predicted molar refractivity (Wildman–Crippen MR) is 60.4 cm³/mol. The third-order valence-corrected chi connectivity index (χ3v) is 2.98. The van der Waals surface area contributed by atoms with Gasteiger partial charge in [0.25, 0.3) is 0 Å². The molecule has 11 nitrogen and oxygen atoms in total.